The van der Waals surface area contributed by atoms with Crippen molar-refractivity contribution in [2.75, 3.05) is 11.9 Å². The van der Waals surface area contributed by atoms with Crippen LogP contribution in [-0.4, -0.2) is 27.0 Å². The van der Waals surface area contributed by atoms with E-state index in [0.717, 1.165) is 16.5 Å². The Bertz CT molecular complexity index is 1130. The van der Waals surface area contributed by atoms with Crippen molar-refractivity contribution in [1.29, 1.82) is 0 Å². The number of nitrogens with two attached hydrogens (primary N) is 1. The van der Waals surface area contributed by atoms with E-state index in [2.05, 4.69) is 15.5 Å². The first-order valence-electron chi connectivity index (χ1n) is 7.74. The minimum atomic E-state index is -0.317. The summed E-state index contributed by atoms with van der Waals surface area (Å²) in [5.41, 5.74) is 8.93. The summed E-state index contributed by atoms with van der Waals surface area (Å²) in [5, 5.41) is 14.1. The first-order chi connectivity index (χ1) is 12.2. The molecule has 0 radical (unpaired) electrons. The molecule has 1 amide bonds. The minimum Gasteiger partial charge on any atom is -0.330 e. The summed E-state index contributed by atoms with van der Waals surface area (Å²) in [5.74, 6) is -0.173. The van der Waals surface area contributed by atoms with Gasteiger partial charge in [0.1, 0.15) is 0 Å². The maximum absolute atomic E-state index is 12.2. The molecule has 7 nitrogen and oxygen atoms in total. The van der Waals surface area contributed by atoms with Crippen molar-refractivity contribution in [2.24, 2.45) is 5.73 Å². The maximum Gasteiger partial charge on any atom is 0.348 e. The van der Waals surface area contributed by atoms with E-state index in [4.69, 9.17) is 5.73 Å². The molecule has 3 aromatic heterocycles. The summed E-state index contributed by atoms with van der Waals surface area (Å²) in [6, 6.07) is 9.51. The van der Waals surface area contributed by atoms with Crippen LogP contribution < -0.4 is 16.7 Å². The monoisotopic (exact) mass is 353 g/mol. The summed E-state index contributed by atoms with van der Waals surface area (Å²) in [7, 11) is 0. The van der Waals surface area contributed by atoms with E-state index in [1.807, 2.05) is 35.0 Å². The molecule has 0 spiro atoms. The molecule has 126 valence electrons. The van der Waals surface area contributed by atoms with Crippen LogP contribution in [0.4, 0.5) is 5.69 Å². The van der Waals surface area contributed by atoms with E-state index >= 15 is 0 Å². The lowest BCUT2D eigenvalue weighted by molar-refractivity contribution is -0.116. The maximum atomic E-state index is 12.2. The van der Waals surface area contributed by atoms with E-state index in [-0.39, 0.29) is 24.6 Å². The van der Waals surface area contributed by atoms with E-state index in [1.54, 1.807) is 17.4 Å². The molecule has 3 heterocycles. The number of benzene rings is 1. The third-order valence-corrected chi connectivity index (χ3v) is 4.68. The van der Waals surface area contributed by atoms with Crippen LogP contribution in [0.1, 0.15) is 6.42 Å². The van der Waals surface area contributed by atoms with Crippen molar-refractivity contribution in [3.05, 3.63) is 51.6 Å². The zero-order valence-electron chi connectivity index (χ0n) is 13.2. The number of pyridine rings is 1. The molecule has 4 rings (SSSR count). The van der Waals surface area contributed by atoms with E-state index in [1.165, 1.54) is 4.40 Å². The minimum absolute atomic E-state index is 0.173. The van der Waals surface area contributed by atoms with Crippen LogP contribution in [0.25, 0.3) is 27.7 Å². The van der Waals surface area contributed by atoms with Gasteiger partial charge in [0.05, 0.1) is 11.2 Å². The molecule has 4 N–H and O–H groups in total. The number of aromatic nitrogens is 3. The molecule has 0 aliphatic rings. The Balaban J connectivity index is 1.97. The fraction of sp³-hybridized carbons (Fsp3) is 0.118. The summed E-state index contributed by atoms with van der Waals surface area (Å²) in [4.78, 5) is 24.1. The highest BCUT2D eigenvalue weighted by molar-refractivity contribution is 7.08. The lowest BCUT2D eigenvalue weighted by atomic mass is 10.1. The van der Waals surface area contributed by atoms with Gasteiger partial charge >= 0.3 is 5.69 Å². The van der Waals surface area contributed by atoms with Gasteiger partial charge in [0.15, 0.2) is 5.65 Å². The largest absolute Gasteiger partial charge is 0.348 e. The number of carbonyl (C=O) groups excluding carboxylic acids is 1. The molecule has 1 aromatic carbocycles. The third kappa shape index (κ3) is 2.71. The van der Waals surface area contributed by atoms with Gasteiger partial charge in [-0.3, -0.25) is 4.79 Å². The predicted molar refractivity (Wildman–Crippen MR) is 98.9 cm³/mol. The second kappa shape index (κ2) is 6.15. The van der Waals surface area contributed by atoms with Crippen molar-refractivity contribution < 1.29 is 4.79 Å². The van der Waals surface area contributed by atoms with Crippen LogP contribution in [0.3, 0.4) is 0 Å². The number of anilines is 1. The number of nitrogens with zero attached hydrogens (tertiary/aromatic N) is 2. The number of carbonyl (C=O) groups is 1. The third-order valence-electron chi connectivity index (χ3n) is 4.00. The SMILES string of the molecule is NCCC(=O)Nc1cc2n[nH]c(=O)n2c2cc(-c3ccsc3)ccc12. The van der Waals surface area contributed by atoms with E-state index < -0.39 is 0 Å². The number of amides is 1. The highest BCUT2D eigenvalue weighted by Gasteiger charge is 2.13. The Labute approximate surface area is 146 Å². The molecule has 4 aromatic rings. The van der Waals surface area contributed by atoms with Crippen LogP contribution in [0.5, 0.6) is 0 Å². The van der Waals surface area contributed by atoms with Gasteiger partial charge in [0, 0.05) is 24.4 Å². The van der Waals surface area contributed by atoms with E-state index in [9.17, 15) is 9.59 Å². The number of hydrogen-bond donors (Lipinski definition) is 3. The molecule has 0 bridgehead atoms. The number of hydrogen-bond acceptors (Lipinski definition) is 5. The Morgan fingerprint density at radius 3 is 2.92 bits per heavy atom. The van der Waals surface area contributed by atoms with Crippen molar-refractivity contribution in [1.82, 2.24) is 14.6 Å². The number of rotatable bonds is 4. The number of nitrogens with one attached hydrogen (secondary N) is 2. The van der Waals surface area contributed by atoms with Gasteiger partial charge in [-0.1, -0.05) is 12.1 Å². The van der Waals surface area contributed by atoms with Gasteiger partial charge in [-0.05, 0) is 34.0 Å². The highest BCUT2D eigenvalue weighted by atomic mass is 32.1. The topological polar surface area (TPSA) is 105 Å². The van der Waals surface area contributed by atoms with Crippen LogP contribution in [0, 0.1) is 0 Å². The molecule has 0 atom stereocenters. The molecular weight excluding hydrogens is 338 g/mol. The molecule has 8 heteroatoms. The summed E-state index contributed by atoms with van der Waals surface area (Å²) >= 11 is 1.61. The van der Waals surface area contributed by atoms with Crippen molar-refractivity contribution in [3.63, 3.8) is 0 Å². The van der Waals surface area contributed by atoms with Crippen LogP contribution in [0.2, 0.25) is 0 Å². The second-order valence-corrected chi connectivity index (χ2v) is 6.39. The number of aromatic amines is 1. The fourth-order valence-corrected chi connectivity index (χ4v) is 3.51. The van der Waals surface area contributed by atoms with Crippen LogP contribution >= 0.6 is 11.3 Å². The zero-order chi connectivity index (χ0) is 17.4. The normalized spacial score (nSPS) is 11.2. The average molecular weight is 353 g/mol. The summed E-state index contributed by atoms with van der Waals surface area (Å²) < 4.78 is 1.50. The number of thiophene rings is 1. The fourth-order valence-electron chi connectivity index (χ4n) is 2.85. The lowest BCUT2D eigenvalue weighted by Gasteiger charge is -2.11. The first-order valence-corrected chi connectivity index (χ1v) is 8.68. The van der Waals surface area contributed by atoms with Gasteiger partial charge in [-0.15, -0.1) is 0 Å². The Kier molecular flexibility index (Phi) is 3.83. The van der Waals surface area contributed by atoms with Crippen LogP contribution in [0.15, 0.2) is 45.9 Å². The predicted octanol–water partition coefficient (Wildman–Crippen LogP) is 2.19. The molecule has 0 aliphatic carbocycles. The van der Waals surface area contributed by atoms with Gasteiger partial charge < -0.3 is 11.1 Å². The number of fused-ring (bicyclic) bond motifs is 3. The standard InChI is InChI=1S/C17H15N5O2S/c18-5-3-16(23)19-13-8-15-20-21-17(24)22(15)14-7-10(1-2-12(13)14)11-4-6-25-9-11/h1-2,4,6-9H,3,5,18H2,(H,19,23)(H,21,24). The lowest BCUT2D eigenvalue weighted by Crippen LogP contribution is -2.17. The molecule has 0 fully saturated rings. The van der Waals surface area contributed by atoms with Gasteiger partial charge in [0.25, 0.3) is 0 Å². The van der Waals surface area contributed by atoms with Crippen LogP contribution in [-0.2, 0) is 4.79 Å². The second-order valence-electron chi connectivity index (χ2n) is 5.61. The average Bonchev–Trinajstić information content (AvgIpc) is 3.25. The van der Waals surface area contributed by atoms with Crippen molar-refractivity contribution in [2.45, 2.75) is 6.42 Å². The highest BCUT2D eigenvalue weighted by Crippen LogP contribution is 2.30. The van der Waals surface area contributed by atoms with E-state index in [0.29, 0.717) is 16.9 Å². The molecule has 0 saturated heterocycles. The van der Waals surface area contributed by atoms with Crippen molar-refractivity contribution in [3.8, 4) is 11.1 Å². The Hall–Kier alpha value is -2.97. The zero-order valence-corrected chi connectivity index (χ0v) is 14.0. The quantitative estimate of drug-likeness (QED) is 0.523. The molecule has 25 heavy (non-hydrogen) atoms. The molecule has 0 aliphatic heterocycles. The van der Waals surface area contributed by atoms with Gasteiger partial charge in [-0.25, -0.2) is 14.3 Å². The van der Waals surface area contributed by atoms with Crippen molar-refractivity contribution >= 4 is 39.5 Å². The summed E-state index contributed by atoms with van der Waals surface area (Å²) in [6.07, 6.45) is 0.229. The number of H-pyrrole nitrogens is 1. The Morgan fingerprint density at radius 1 is 1.28 bits per heavy atom. The molecule has 0 saturated carbocycles. The van der Waals surface area contributed by atoms with Gasteiger partial charge in [0.2, 0.25) is 5.91 Å². The smallest absolute Gasteiger partial charge is 0.330 e. The first kappa shape index (κ1) is 15.6. The summed E-state index contributed by atoms with van der Waals surface area (Å²) in [6.45, 7) is 0.274. The molecule has 0 unspecified atom stereocenters. The molecular formula is C17H15N5O2S. The Morgan fingerprint density at radius 2 is 2.16 bits per heavy atom. The van der Waals surface area contributed by atoms with Gasteiger partial charge in [-0.2, -0.15) is 16.4 Å².